The molecule has 136 valence electrons. The summed E-state index contributed by atoms with van der Waals surface area (Å²) in [5, 5.41) is 0.586. The summed E-state index contributed by atoms with van der Waals surface area (Å²) in [5.74, 6) is 1.72. The molecule has 4 heteroatoms. The van der Waals surface area contributed by atoms with Crippen molar-refractivity contribution in [3.05, 3.63) is 11.3 Å². The van der Waals surface area contributed by atoms with E-state index < -0.39 is 0 Å². The normalized spacial score (nSPS) is 23.5. The summed E-state index contributed by atoms with van der Waals surface area (Å²) in [6.45, 7) is 8.49. The highest BCUT2D eigenvalue weighted by Gasteiger charge is 2.34. The Labute approximate surface area is 151 Å². The summed E-state index contributed by atoms with van der Waals surface area (Å²) in [6.07, 6.45) is 7.52. The van der Waals surface area contributed by atoms with E-state index in [1.54, 1.807) is 0 Å². The van der Waals surface area contributed by atoms with Crippen molar-refractivity contribution < 1.29 is 9.59 Å². The van der Waals surface area contributed by atoms with Crippen molar-refractivity contribution in [1.29, 1.82) is 0 Å². The molecule has 0 unspecified atom stereocenters. The molecule has 0 aromatic rings. The molecule has 0 aromatic heterocycles. The van der Waals surface area contributed by atoms with Gasteiger partial charge in [-0.05, 0) is 50.2 Å². The first-order valence-corrected chi connectivity index (χ1v) is 10.8. The molecule has 1 heterocycles. The minimum atomic E-state index is 0.0810. The fourth-order valence-electron chi connectivity index (χ4n) is 4.08. The number of carbonyl (C=O) groups excluding carboxylic acids is 2. The van der Waals surface area contributed by atoms with Crippen LogP contribution in [0.4, 0.5) is 0 Å². The van der Waals surface area contributed by atoms with Gasteiger partial charge in [-0.25, -0.2) is 0 Å². The number of hydrogen-bond donors (Lipinski definition) is 0. The number of piperidine rings is 1. The molecule has 0 spiro atoms. The molecule has 1 saturated heterocycles. The summed E-state index contributed by atoms with van der Waals surface area (Å²) in [6, 6.07) is 0. The van der Waals surface area contributed by atoms with Gasteiger partial charge in [-0.1, -0.05) is 20.8 Å². The summed E-state index contributed by atoms with van der Waals surface area (Å²) in [4.78, 5) is 27.7. The molecule has 2 rings (SSSR count). The highest BCUT2D eigenvalue weighted by atomic mass is 32.2. The lowest BCUT2D eigenvalue weighted by molar-refractivity contribution is -0.122. The fraction of sp³-hybridized carbons (Fsp3) is 0.800. The molecule has 24 heavy (non-hydrogen) atoms. The largest absolute Gasteiger partial charge is 0.374 e. The number of carbonyl (C=O) groups is 2. The molecular formula is C20H33NO2S. The monoisotopic (exact) mass is 351 g/mol. The highest BCUT2D eigenvalue weighted by molar-refractivity contribution is 7.99. The standard InChI is InChI=1S/C20H33NO2S/c1-4-9-18(22)20-17(21-10-7-6-8-11-21)13-16(14-19(20)23)12-15(3)24-5-2/h15-16H,4-14H2,1-3H3/t15-,16-/m0/s1. The second-order valence-electron chi connectivity index (χ2n) is 7.24. The minimum Gasteiger partial charge on any atom is -0.374 e. The number of hydrogen-bond acceptors (Lipinski definition) is 4. The zero-order chi connectivity index (χ0) is 17.5. The third kappa shape index (κ3) is 5.11. The van der Waals surface area contributed by atoms with E-state index in [0.29, 0.717) is 29.6 Å². The minimum absolute atomic E-state index is 0.0810. The van der Waals surface area contributed by atoms with Crippen molar-refractivity contribution in [3.63, 3.8) is 0 Å². The van der Waals surface area contributed by atoms with E-state index in [4.69, 9.17) is 0 Å². The molecule has 0 radical (unpaired) electrons. The van der Waals surface area contributed by atoms with Gasteiger partial charge in [0.1, 0.15) is 0 Å². The second-order valence-corrected chi connectivity index (χ2v) is 8.96. The molecule has 1 aliphatic carbocycles. The first-order valence-electron chi connectivity index (χ1n) is 9.72. The van der Waals surface area contributed by atoms with Crippen molar-refractivity contribution in [1.82, 2.24) is 4.90 Å². The van der Waals surface area contributed by atoms with Gasteiger partial charge in [-0.2, -0.15) is 11.8 Å². The van der Waals surface area contributed by atoms with Crippen LogP contribution < -0.4 is 0 Å². The van der Waals surface area contributed by atoms with Crippen LogP contribution in [-0.2, 0) is 9.59 Å². The molecule has 3 nitrogen and oxygen atoms in total. The van der Waals surface area contributed by atoms with Crippen LogP contribution in [0.5, 0.6) is 0 Å². The molecule has 1 aliphatic heterocycles. The lowest BCUT2D eigenvalue weighted by Crippen LogP contribution is -2.37. The number of rotatable bonds is 8. The highest BCUT2D eigenvalue weighted by Crippen LogP contribution is 2.36. The Balaban J connectivity index is 2.21. The van der Waals surface area contributed by atoms with Crippen LogP contribution in [0.25, 0.3) is 0 Å². The average molecular weight is 352 g/mol. The van der Waals surface area contributed by atoms with Crippen molar-refractivity contribution in [2.75, 3.05) is 18.8 Å². The fourth-order valence-corrected chi connectivity index (χ4v) is 5.06. The van der Waals surface area contributed by atoms with Crippen LogP contribution in [-0.4, -0.2) is 40.6 Å². The van der Waals surface area contributed by atoms with Gasteiger partial charge in [0.2, 0.25) is 0 Å². The molecule has 0 amide bonds. The predicted molar refractivity (Wildman–Crippen MR) is 102 cm³/mol. The maximum absolute atomic E-state index is 12.8. The van der Waals surface area contributed by atoms with Crippen molar-refractivity contribution >= 4 is 23.3 Å². The van der Waals surface area contributed by atoms with Gasteiger partial charge < -0.3 is 4.90 Å². The Morgan fingerprint density at radius 2 is 1.92 bits per heavy atom. The molecule has 2 aliphatic rings. The lowest BCUT2D eigenvalue weighted by atomic mass is 9.80. The zero-order valence-electron chi connectivity index (χ0n) is 15.6. The molecule has 0 aromatic carbocycles. The van der Waals surface area contributed by atoms with Gasteiger partial charge in [-0.15, -0.1) is 0 Å². The van der Waals surface area contributed by atoms with E-state index in [9.17, 15) is 9.59 Å². The molecule has 0 saturated carbocycles. The number of allylic oxidation sites excluding steroid dienone is 2. The van der Waals surface area contributed by atoms with Crippen molar-refractivity contribution in [3.8, 4) is 0 Å². The number of ketones is 2. The summed E-state index contributed by atoms with van der Waals surface area (Å²) >= 11 is 1.97. The average Bonchev–Trinajstić information content (AvgIpc) is 2.55. The Bertz CT molecular complexity index is 480. The maximum Gasteiger partial charge on any atom is 0.168 e. The summed E-state index contributed by atoms with van der Waals surface area (Å²) in [7, 11) is 0. The molecule has 2 atom stereocenters. The van der Waals surface area contributed by atoms with E-state index in [2.05, 4.69) is 18.7 Å². The molecular weight excluding hydrogens is 318 g/mol. The van der Waals surface area contributed by atoms with E-state index in [-0.39, 0.29) is 11.6 Å². The Kier molecular flexibility index (Phi) is 7.86. The number of thioether (sulfide) groups is 1. The maximum atomic E-state index is 12.8. The molecule has 1 fully saturated rings. The predicted octanol–water partition coefficient (Wildman–Crippen LogP) is 4.61. The van der Waals surface area contributed by atoms with Gasteiger partial charge in [0.25, 0.3) is 0 Å². The van der Waals surface area contributed by atoms with E-state index in [0.717, 1.165) is 43.8 Å². The van der Waals surface area contributed by atoms with Gasteiger partial charge >= 0.3 is 0 Å². The van der Waals surface area contributed by atoms with Crippen LogP contribution in [0.2, 0.25) is 0 Å². The van der Waals surface area contributed by atoms with E-state index >= 15 is 0 Å². The smallest absolute Gasteiger partial charge is 0.168 e. The summed E-state index contributed by atoms with van der Waals surface area (Å²) in [5.41, 5.74) is 1.65. The quantitative estimate of drug-likeness (QED) is 0.599. The van der Waals surface area contributed by atoms with Crippen LogP contribution in [0.1, 0.15) is 72.1 Å². The van der Waals surface area contributed by atoms with E-state index in [1.807, 2.05) is 18.7 Å². The van der Waals surface area contributed by atoms with Crippen LogP contribution in [0.15, 0.2) is 11.3 Å². The summed E-state index contributed by atoms with van der Waals surface area (Å²) < 4.78 is 0. The van der Waals surface area contributed by atoms with Crippen molar-refractivity contribution in [2.45, 2.75) is 77.4 Å². The Morgan fingerprint density at radius 3 is 2.54 bits per heavy atom. The third-order valence-electron chi connectivity index (χ3n) is 5.13. The first kappa shape index (κ1) is 19.6. The Hall–Kier alpha value is -0.770. The zero-order valence-corrected chi connectivity index (χ0v) is 16.4. The van der Waals surface area contributed by atoms with Crippen molar-refractivity contribution in [2.24, 2.45) is 5.92 Å². The van der Waals surface area contributed by atoms with Crippen LogP contribution in [0.3, 0.4) is 0 Å². The Morgan fingerprint density at radius 1 is 1.21 bits per heavy atom. The van der Waals surface area contributed by atoms with Gasteiger partial charge in [0.05, 0.1) is 5.57 Å². The SMILES string of the molecule is CCCC(=O)C1=C(N2CCCCC2)C[C@H](C[C@H](C)SCC)CC1=O. The second kappa shape index (κ2) is 9.65. The van der Waals surface area contributed by atoms with Gasteiger partial charge in [0.15, 0.2) is 11.6 Å². The topological polar surface area (TPSA) is 37.4 Å². The first-order chi connectivity index (χ1) is 11.6. The molecule has 0 N–H and O–H groups in total. The van der Waals surface area contributed by atoms with Crippen LogP contribution in [0, 0.1) is 5.92 Å². The van der Waals surface area contributed by atoms with Crippen LogP contribution >= 0.6 is 11.8 Å². The van der Waals surface area contributed by atoms with E-state index in [1.165, 1.54) is 19.3 Å². The third-order valence-corrected chi connectivity index (χ3v) is 6.23. The lowest BCUT2D eigenvalue weighted by Gasteiger charge is -2.37. The molecule has 0 bridgehead atoms. The number of likely N-dealkylation sites (tertiary alicyclic amines) is 1. The van der Waals surface area contributed by atoms with Gasteiger partial charge in [-0.3, -0.25) is 9.59 Å². The number of nitrogens with zero attached hydrogens (tertiary/aromatic N) is 1. The number of Topliss-reactive ketones (excluding diaryl/α,β-unsaturated/α-hetero) is 2. The van der Waals surface area contributed by atoms with Gasteiger partial charge in [0, 0.05) is 36.9 Å².